The van der Waals surface area contributed by atoms with Crippen LogP contribution in [0.5, 0.6) is 0 Å². The Morgan fingerprint density at radius 3 is 2.41 bits per heavy atom. The summed E-state index contributed by atoms with van der Waals surface area (Å²) in [6.45, 7) is 7.36. The van der Waals surface area contributed by atoms with Crippen molar-refractivity contribution < 1.29 is 4.84 Å². The van der Waals surface area contributed by atoms with Crippen LogP contribution in [-0.4, -0.2) is 60.9 Å². The molecule has 0 N–H and O–H groups in total. The van der Waals surface area contributed by atoms with E-state index in [2.05, 4.69) is 78.8 Å². The summed E-state index contributed by atoms with van der Waals surface area (Å²) in [5.41, 5.74) is 6.05. The number of pyridine rings is 2. The highest BCUT2D eigenvalue weighted by atomic mass is 79.9. The maximum absolute atomic E-state index is 5.80. The van der Waals surface area contributed by atoms with Crippen LogP contribution in [0.3, 0.4) is 0 Å². The molecule has 3 heterocycles. The van der Waals surface area contributed by atoms with Crippen molar-refractivity contribution >= 4 is 44.2 Å². The lowest BCUT2D eigenvalue weighted by Gasteiger charge is -2.37. The lowest BCUT2D eigenvalue weighted by molar-refractivity contribution is 0.152. The molecular formula is C29H27BrN6O. The minimum atomic E-state index is 0.473. The number of rotatable bonds is 5. The summed E-state index contributed by atoms with van der Waals surface area (Å²) in [5.74, 6) is 2.41. The van der Waals surface area contributed by atoms with E-state index in [1.807, 2.05) is 44.6 Å². The maximum atomic E-state index is 5.80. The number of hydrogen-bond donors (Lipinski definition) is 0. The van der Waals surface area contributed by atoms with E-state index in [0.29, 0.717) is 5.88 Å². The molecule has 37 heavy (non-hydrogen) atoms. The number of piperazine rings is 1. The van der Waals surface area contributed by atoms with E-state index in [9.17, 15) is 0 Å². The van der Waals surface area contributed by atoms with Crippen LogP contribution in [0.25, 0.3) is 22.0 Å². The van der Waals surface area contributed by atoms with Crippen LogP contribution in [0, 0.1) is 0 Å². The Bertz CT molecular complexity index is 1530. The van der Waals surface area contributed by atoms with E-state index in [0.717, 1.165) is 81.2 Å². The van der Waals surface area contributed by atoms with Gasteiger partial charge >= 0.3 is 0 Å². The maximum Gasteiger partial charge on any atom is 0.217 e. The second kappa shape index (κ2) is 9.52. The number of oxime groups is 1. The lowest BCUT2D eigenvalue weighted by Crippen LogP contribution is -2.47. The molecule has 7 nitrogen and oxygen atoms in total. The van der Waals surface area contributed by atoms with Gasteiger partial charge < -0.3 is 19.5 Å². The summed E-state index contributed by atoms with van der Waals surface area (Å²) >= 11 is 3.66. The van der Waals surface area contributed by atoms with Gasteiger partial charge in [0.2, 0.25) is 5.88 Å². The fraction of sp³-hybridized carbons (Fsp3) is 0.207. The van der Waals surface area contributed by atoms with Gasteiger partial charge in [-0.3, -0.25) is 0 Å². The average Bonchev–Trinajstić information content (AvgIpc) is 3.26. The molecule has 2 aliphatic rings. The summed E-state index contributed by atoms with van der Waals surface area (Å²) in [7, 11) is 3.77. The Labute approximate surface area is 224 Å². The summed E-state index contributed by atoms with van der Waals surface area (Å²) < 4.78 is 1.01. The highest BCUT2D eigenvalue weighted by Gasteiger charge is 2.34. The molecular weight excluding hydrogens is 528 g/mol. The van der Waals surface area contributed by atoms with Crippen LogP contribution in [0.1, 0.15) is 11.1 Å². The van der Waals surface area contributed by atoms with Crippen LogP contribution in [0.15, 0.2) is 89.0 Å². The molecule has 0 radical (unpaired) electrons. The third kappa shape index (κ3) is 4.21. The van der Waals surface area contributed by atoms with Gasteiger partial charge in [0, 0.05) is 67.5 Å². The van der Waals surface area contributed by atoms with Gasteiger partial charge in [-0.2, -0.15) is 0 Å². The van der Waals surface area contributed by atoms with E-state index in [1.165, 1.54) is 0 Å². The molecule has 186 valence electrons. The standard InChI is InChI=1S/C29H27BrN6O/c1-19(34(2)3)37-33-28-22-9-5-4-8-21(22)26-23-18-20(30)11-12-24(23)32-29(27(26)28)36-16-14-35(15-17-36)25-10-6-7-13-31-25/h4-13,18H,1,14-17H2,2-3H3/b33-28+. The normalized spacial score (nSPS) is 15.6. The zero-order valence-corrected chi connectivity index (χ0v) is 22.4. The van der Waals surface area contributed by atoms with Gasteiger partial charge in [0.25, 0.3) is 0 Å². The van der Waals surface area contributed by atoms with Gasteiger partial charge in [0.15, 0.2) is 0 Å². The van der Waals surface area contributed by atoms with Gasteiger partial charge in [0.1, 0.15) is 17.3 Å². The van der Waals surface area contributed by atoms with Crippen molar-refractivity contribution in [1.82, 2.24) is 14.9 Å². The number of benzene rings is 2. The molecule has 0 unspecified atom stereocenters. The van der Waals surface area contributed by atoms with Gasteiger partial charge in [-0.1, -0.05) is 51.4 Å². The molecule has 0 spiro atoms. The molecule has 0 amide bonds. The van der Waals surface area contributed by atoms with E-state index in [-0.39, 0.29) is 0 Å². The van der Waals surface area contributed by atoms with Gasteiger partial charge in [-0.15, -0.1) is 0 Å². The molecule has 4 aromatic rings. The topological polar surface area (TPSA) is 57.1 Å². The fourth-order valence-corrected chi connectivity index (χ4v) is 5.32. The highest BCUT2D eigenvalue weighted by Crippen LogP contribution is 2.46. The van der Waals surface area contributed by atoms with Crippen molar-refractivity contribution in [2.24, 2.45) is 5.16 Å². The Morgan fingerprint density at radius 1 is 0.946 bits per heavy atom. The van der Waals surface area contributed by atoms with E-state index >= 15 is 0 Å². The van der Waals surface area contributed by atoms with Gasteiger partial charge in [-0.25, -0.2) is 9.97 Å². The van der Waals surface area contributed by atoms with Crippen LogP contribution >= 0.6 is 15.9 Å². The molecule has 8 heteroatoms. The first-order valence-corrected chi connectivity index (χ1v) is 13.1. The first-order chi connectivity index (χ1) is 18.0. The van der Waals surface area contributed by atoms with E-state index < -0.39 is 0 Å². The number of halogens is 1. The third-order valence-electron chi connectivity index (χ3n) is 6.91. The van der Waals surface area contributed by atoms with Crippen molar-refractivity contribution in [2.75, 3.05) is 50.1 Å². The quantitative estimate of drug-likeness (QED) is 0.211. The van der Waals surface area contributed by atoms with Crippen molar-refractivity contribution in [3.63, 3.8) is 0 Å². The average molecular weight is 555 g/mol. The molecule has 6 rings (SSSR count). The predicted octanol–water partition coefficient (Wildman–Crippen LogP) is 5.50. The summed E-state index contributed by atoms with van der Waals surface area (Å²) in [6, 6.07) is 20.7. The minimum Gasteiger partial charge on any atom is -0.353 e. The molecule has 1 saturated heterocycles. The van der Waals surface area contributed by atoms with Crippen LogP contribution in [-0.2, 0) is 4.84 Å². The molecule has 1 fully saturated rings. The highest BCUT2D eigenvalue weighted by molar-refractivity contribution is 9.10. The zero-order chi connectivity index (χ0) is 25.5. The Hall–Kier alpha value is -3.91. The molecule has 2 aromatic carbocycles. The van der Waals surface area contributed by atoms with Crippen LogP contribution in [0.2, 0.25) is 0 Å². The second-order valence-electron chi connectivity index (χ2n) is 9.37. The third-order valence-corrected chi connectivity index (χ3v) is 7.40. The Balaban J connectivity index is 1.49. The van der Waals surface area contributed by atoms with E-state index in [1.54, 1.807) is 4.90 Å². The number of aromatic nitrogens is 2. The first kappa shape index (κ1) is 23.5. The Morgan fingerprint density at radius 2 is 1.68 bits per heavy atom. The molecule has 1 aliphatic carbocycles. The number of nitrogens with zero attached hydrogens (tertiary/aromatic N) is 6. The van der Waals surface area contributed by atoms with Crippen LogP contribution < -0.4 is 9.80 Å². The van der Waals surface area contributed by atoms with Gasteiger partial charge in [0.05, 0.1) is 11.1 Å². The molecule has 1 aliphatic heterocycles. The number of hydrogen-bond acceptors (Lipinski definition) is 7. The zero-order valence-electron chi connectivity index (χ0n) is 20.9. The van der Waals surface area contributed by atoms with Crippen molar-refractivity contribution in [2.45, 2.75) is 0 Å². The SMILES string of the molecule is C=C(O/N=C1\c2ccccc2-c2c1c(N1CCN(c3ccccn3)CC1)nc1ccc(Br)cc21)N(C)C. The number of anilines is 2. The molecule has 0 bridgehead atoms. The predicted molar refractivity (Wildman–Crippen MR) is 153 cm³/mol. The van der Waals surface area contributed by atoms with Gasteiger partial charge in [-0.05, 0) is 42.5 Å². The summed E-state index contributed by atoms with van der Waals surface area (Å²) in [5, 5.41) is 5.74. The molecule has 0 atom stereocenters. The van der Waals surface area contributed by atoms with Crippen LogP contribution in [0.4, 0.5) is 11.6 Å². The number of fused-ring (bicyclic) bond motifs is 5. The lowest BCUT2D eigenvalue weighted by atomic mass is 10.0. The Kier molecular flexibility index (Phi) is 6.04. The minimum absolute atomic E-state index is 0.473. The second-order valence-corrected chi connectivity index (χ2v) is 10.3. The monoisotopic (exact) mass is 554 g/mol. The van der Waals surface area contributed by atoms with Crippen molar-refractivity contribution in [3.05, 3.63) is 94.9 Å². The fourth-order valence-electron chi connectivity index (χ4n) is 4.96. The first-order valence-electron chi connectivity index (χ1n) is 12.3. The summed E-state index contributed by atoms with van der Waals surface area (Å²) in [4.78, 5) is 22.0. The van der Waals surface area contributed by atoms with Crippen molar-refractivity contribution in [3.8, 4) is 11.1 Å². The molecule has 0 saturated carbocycles. The largest absolute Gasteiger partial charge is 0.353 e. The smallest absolute Gasteiger partial charge is 0.217 e. The van der Waals surface area contributed by atoms with E-state index in [4.69, 9.17) is 9.82 Å². The van der Waals surface area contributed by atoms with Crippen molar-refractivity contribution in [1.29, 1.82) is 0 Å². The summed E-state index contributed by atoms with van der Waals surface area (Å²) in [6.07, 6.45) is 1.85. The molecule has 2 aromatic heterocycles.